The van der Waals surface area contributed by atoms with Gasteiger partial charge in [-0.3, -0.25) is 4.79 Å². The maximum atomic E-state index is 12.1. The molecular weight excluding hydrogens is 440 g/mol. The second kappa shape index (κ2) is 12.0. The van der Waals surface area contributed by atoms with Crippen LogP contribution in [-0.2, 0) is 11.4 Å². The first-order valence-corrected chi connectivity index (χ1v) is 11.2. The zero-order valence-corrected chi connectivity index (χ0v) is 19.4. The monoisotopic (exact) mass is 466 g/mol. The molecule has 4 aromatic carbocycles. The van der Waals surface area contributed by atoms with Gasteiger partial charge in [-0.05, 0) is 52.6 Å². The standard InChI is InChI=1S/C29H26N2O4/c1-33-28-18-23(12-17-27(28)35-20-22-8-4-2-5-9-22)19-30-31-29(32)21-34-26-15-13-25(14-16-26)24-10-6-3-7-11-24/h2-19H,20-21H2,1H3,(H,31,32). The van der Waals surface area contributed by atoms with Crippen LogP contribution in [0.1, 0.15) is 11.1 Å². The average Bonchev–Trinajstić information content (AvgIpc) is 2.92. The van der Waals surface area contributed by atoms with E-state index in [9.17, 15) is 4.79 Å². The van der Waals surface area contributed by atoms with Crippen molar-refractivity contribution in [2.75, 3.05) is 13.7 Å². The van der Waals surface area contributed by atoms with Crippen LogP contribution in [0, 0.1) is 0 Å². The molecule has 176 valence electrons. The zero-order valence-electron chi connectivity index (χ0n) is 19.4. The van der Waals surface area contributed by atoms with Crippen LogP contribution < -0.4 is 19.6 Å². The smallest absolute Gasteiger partial charge is 0.277 e. The number of ether oxygens (including phenoxy) is 3. The van der Waals surface area contributed by atoms with E-state index < -0.39 is 0 Å². The fourth-order valence-corrected chi connectivity index (χ4v) is 3.35. The van der Waals surface area contributed by atoms with Gasteiger partial charge in [-0.25, -0.2) is 5.43 Å². The molecule has 0 aliphatic heterocycles. The van der Waals surface area contributed by atoms with Crippen molar-refractivity contribution in [2.45, 2.75) is 6.61 Å². The number of rotatable bonds is 10. The molecule has 0 aromatic heterocycles. The van der Waals surface area contributed by atoms with Crippen LogP contribution in [0.4, 0.5) is 0 Å². The summed E-state index contributed by atoms with van der Waals surface area (Å²) in [5, 5.41) is 4.01. The van der Waals surface area contributed by atoms with E-state index in [1.807, 2.05) is 97.1 Å². The number of nitrogens with zero attached hydrogens (tertiary/aromatic N) is 1. The second-order valence-electron chi connectivity index (χ2n) is 7.66. The van der Waals surface area contributed by atoms with Gasteiger partial charge in [0.05, 0.1) is 13.3 Å². The van der Waals surface area contributed by atoms with Crippen molar-refractivity contribution in [1.29, 1.82) is 0 Å². The molecule has 0 atom stereocenters. The van der Waals surface area contributed by atoms with Crippen LogP contribution in [0.5, 0.6) is 17.2 Å². The summed E-state index contributed by atoms with van der Waals surface area (Å²) in [6.45, 7) is 0.299. The van der Waals surface area contributed by atoms with E-state index >= 15 is 0 Å². The SMILES string of the molecule is COc1cc(C=NNC(=O)COc2ccc(-c3ccccc3)cc2)ccc1OCc1ccccc1. The number of amides is 1. The van der Waals surface area contributed by atoms with E-state index in [1.165, 1.54) is 6.21 Å². The summed E-state index contributed by atoms with van der Waals surface area (Å²) in [5.41, 5.74) is 6.50. The number of benzene rings is 4. The first-order chi connectivity index (χ1) is 17.2. The largest absolute Gasteiger partial charge is 0.493 e. The number of hydrogen-bond donors (Lipinski definition) is 1. The summed E-state index contributed by atoms with van der Waals surface area (Å²) < 4.78 is 16.8. The number of carbonyl (C=O) groups excluding carboxylic acids is 1. The molecule has 0 fully saturated rings. The molecule has 0 bridgehead atoms. The van der Waals surface area contributed by atoms with E-state index in [-0.39, 0.29) is 12.5 Å². The Labute approximate surface area is 204 Å². The Kier molecular flexibility index (Phi) is 8.11. The van der Waals surface area contributed by atoms with Gasteiger partial charge in [0.15, 0.2) is 18.1 Å². The highest BCUT2D eigenvalue weighted by molar-refractivity contribution is 5.83. The Morgan fingerprint density at radius 1 is 0.800 bits per heavy atom. The highest BCUT2D eigenvalue weighted by Crippen LogP contribution is 2.28. The third-order valence-corrected chi connectivity index (χ3v) is 5.16. The van der Waals surface area contributed by atoms with E-state index in [0.29, 0.717) is 23.9 Å². The van der Waals surface area contributed by atoms with Crippen molar-refractivity contribution in [1.82, 2.24) is 5.43 Å². The third kappa shape index (κ3) is 6.95. The summed E-state index contributed by atoms with van der Waals surface area (Å²) in [6, 6.07) is 33.0. The van der Waals surface area contributed by atoms with Gasteiger partial charge < -0.3 is 14.2 Å². The van der Waals surface area contributed by atoms with Crippen molar-refractivity contribution < 1.29 is 19.0 Å². The lowest BCUT2D eigenvalue weighted by molar-refractivity contribution is -0.123. The average molecular weight is 467 g/mol. The van der Waals surface area contributed by atoms with Gasteiger partial charge in [-0.15, -0.1) is 0 Å². The molecule has 6 nitrogen and oxygen atoms in total. The quantitative estimate of drug-likeness (QED) is 0.249. The molecule has 4 aromatic rings. The molecule has 4 rings (SSSR count). The fourth-order valence-electron chi connectivity index (χ4n) is 3.35. The molecule has 1 N–H and O–H groups in total. The summed E-state index contributed by atoms with van der Waals surface area (Å²) in [5.74, 6) is 1.46. The van der Waals surface area contributed by atoms with E-state index in [2.05, 4.69) is 10.5 Å². The van der Waals surface area contributed by atoms with Crippen LogP contribution in [0.15, 0.2) is 108 Å². The van der Waals surface area contributed by atoms with Gasteiger partial charge in [-0.1, -0.05) is 72.8 Å². The fraction of sp³-hybridized carbons (Fsp3) is 0.103. The van der Waals surface area contributed by atoms with E-state index in [1.54, 1.807) is 13.2 Å². The van der Waals surface area contributed by atoms with Gasteiger partial charge in [0, 0.05) is 0 Å². The second-order valence-corrected chi connectivity index (χ2v) is 7.66. The number of hydrogen-bond acceptors (Lipinski definition) is 5. The Balaban J connectivity index is 1.25. The van der Waals surface area contributed by atoms with Crippen LogP contribution in [0.3, 0.4) is 0 Å². The minimum Gasteiger partial charge on any atom is -0.493 e. The molecule has 0 radical (unpaired) electrons. The Bertz CT molecular complexity index is 1260. The third-order valence-electron chi connectivity index (χ3n) is 5.16. The van der Waals surface area contributed by atoms with Crippen molar-refractivity contribution >= 4 is 12.1 Å². The predicted octanol–water partition coefficient (Wildman–Crippen LogP) is 5.47. The summed E-state index contributed by atoms with van der Waals surface area (Å²) >= 11 is 0. The molecule has 6 heteroatoms. The molecule has 0 spiro atoms. The summed E-state index contributed by atoms with van der Waals surface area (Å²) in [4.78, 5) is 12.1. The summed E-state index contributed by atoms with van der Waals surface area (Å²) in [7, 11) is 1.58. The normalized spacial score (nSPS) is 10.7. The number of methoxy groups -OCH3 is 1. The molecular formula is C29H26N2O4. The Morgan fingerprint density at radius 3 is 2.20 bits per heavy atom. The lowest BCUT2D eigenvalue weighted by Crippen LogP contribution is -2.24. The van der Waals surface area contributed by atoms with Crippen LogP contribution in [0.25, 0.3) is 11.1 Å². The van der Waals surface area contributed by atoms with Crippen LogP contribution >= 0.6 is 0 Å². The highest BCUT2D eigenvalue weighted by Gasteiger charge is 2.06. The van der Waals surface area contributed by atoms with Crippen molar-refractivity contribution in [3.8, 4) is 28.4 Å². The van der Waals surface area contributed by atoms with Gasteiger partial charge in [0.2, 0.25) is 0 Å². The molecule has 0 saturated heterocycles. The number of nitrogens with one attached hydrogen (secondary N) is 1. The summed E-state index contributed by atoms with van der Waals surface area (Å²) in [6.07, 6.45) is 1.54. The first-order valence-electron chi connectivity index (χ1n) is 11.2. The lowest BCUT2D eigenvalue weighted by atomic mass is 10.1. The molecule has 0 saturated carbocycles. The van der Waals surface area contributed by atoms with Gasteiger partial charge in [0.25, 0.3) is 5.91 Å². The van der Waals surface area contributed by atoms with Gasteiger partial charge in [0.1, 0.15) is 12.4 Å². The predicted molar refractivity (Wildman–Crippen MR) is 137 cm³/mol. The van der Waals surface area contributed by atoms with Gasteiger partial charge >= 0.3 is 0 Å². The molecule has 1 amide bonds. The minimum absolute atomic E-state index is 0.141. The van der Waals surface area contributed by atoms with Crippen molar-refractivity contribution in [3.63, 3.8) is 0 Å². The van der Waals surface area contributed by atoms with E-state index in [0.717, 1.165) is 22.3 Å². The molecule has 35 heavy (non-hydrogen) atoms. The molecule has 0 heterocycles. The lowest BCUT2D eigenvalue weighted by Gasteiger charge is -2.11. The van der Waals surface area contributed by atoms with Crippen molar-refractivity contribution in [3.05, 3.63) is 114 Å². The van der Waals surface area contributed by atoms with Crippen molar-refractivity contribution in [2.24, 2.45) is 5.10 Å². The molecule has 0 unspecified atom stereocenters. The number of carbonyl (C=O) groups is 1. The molecule has 0 aliphatic carbocycles. The first kappa shape index (κ1) is 23.6. The van der Waals surface area contributed by atoms with E-state index in [4.69, 9.17) is 14.2 Å². The Morgan fingerprint density at radius 2 is 1.49 bits per heavy atom. The molecule has 0 aliphatic rings. The zero-order chi connectivity index (χ0) is 24.3. The van der Waals surface area contributed by atoms with Crippen LogP contribution in [-0.4, -0.2) is 25.8 Å². The highest BCUT2D eigenvalue weighted by atomic mass is 16.5. The van der Waals surface area contributed by atoms with Crippen LogP contribution in [0.2, 0.25) is 0 Å². The minimum atomic E-state index is -0.358. The maximum Gasteiger partial charge on any atom is 0.277 e. The Hall–Kier alpha value is -4.58. The number of hydrazone groups is 1. The van der Waals surface area contributed by atoms with Gasteiger partial charge in [-0.2, -0.15) is 5.10 Å². The topological polar surface area (TPSA) is 69.2 Å². The maximum absolute atomic E-state index is 12.1.